The molecule has 0 saturated heterocycles. The average molecular weight is 164 g/mol. The molecule has 0 spiro atoms. The molecule has 0 bridgehead atoms. The second kappa shape index (κ2) is 3.03. The molecule has 1 aliphatic rings. The fourth-order valence-electron chi connectivity index (χ4n) is 1.26. The summed E-state index contributed by atoms with van der Waals surface area (Å²) >= 11 is 0. The van der Waals surface area contributed by atoms with E-state index in [0.717, 1.165) is 12.1 Å². The third-order valence-corrected chi connectivity index (χ3v) is 1.82. The molecule has 0 fully saturated rings. The van der Waals surface area contributed by atoms with E-state index in [1.54, 1.807) is 12.3 Å². The number of benzene rings is 1. The average Bonchev–Trinajstić information content (AvgIpc) is 2.56. The van der Waals surface area contributed by atoms with Crippen molar-refractivity contribution in [2.45, 2.75) is 6.17 Å². The minimum absolute atomic E-state index is 0.0549. The van der Waals surface area contributed by atoms with Crippen LogP contribution >= 0.6 is 0 Å². The normalized spacial score (nSPS) is 21.6. The summed E-state index contributed by atoms with van der Waals surface area (Å²) in [6.45, 7) is 0.765. The van der Waals surface area contributed by atoms with Crippen LogP contribution in [0.25, 0.3) is 0 Å². The molecule has 1 atom stereocenters. The van der Waals surface area contributed by atoms with Gasteiger partial charge < -0.3 is 0 Å². The van der Waals surface area contributed by atoms with E-state index in [2.05, 4.69) is 10.3 Å². The summed E-state index contributed by atoms with van der Waals surface area (Å²) in [6.07, 6.45) is 1.75. The van der Waals surface area contributed by atoms with Crippen LogP contribution < -0.4 is 5.32 Å². The Labute approximate surface area is 70.1 Å². The van der Waals surface area contributed by atoms with Crippen molar-refractivity contribution in [1.82, 2.24) is 5.32 Å². The van der Waals surface area contributed by atoms with Crippen LogP contribution in [0, 0.1) is 5.82 Å². The molecule has 2 rings (SSSR count). The third kappa shape index (κ3) is 1.36. The second-order valence-corrected chi connectivity index (χ2v) is 2.70. The highest BCUT2D eigenvalue weighted by Crippen LogP contribution is 2.16. The molecule has 0 aromatic heterocycles. The minimum atomic E-state index is -0.212. The van der Waals surface area contributed by atoms with E-state index < -0.39 is 0 Å². The van der Waals surface area contributed by atoms with Crippen LogP contribution in [0.5, 0.6) is 0 Å². The second-order valence-electron chi connectivity index (χ2n) is 2.70. The quantitative estimate of drug-likeness (QED) is 0.668. The first-order chi connectivity index (χ1) is 5.86. The van der Waals surface area contributed by atoms with Crippen LogP contribution in [0.15, 0.2) is 29.3 Å². The van der Waals surface area contributed by atoms with Gasteiger partial charge in [-0.15, -0.1) is 0 Å². The molecule has 3 heteroatoms. The van der Waals surface area contributed by atoms with Crippen molar-refractivity contribution in [3.63, 3.8) is 0 Å². The molecule has 1 aromatic rings. The molecule has 1 N–H and O–H groups in total. The van der Waals surface area contributed by atoms with Gasteiger partial charge in [-0.05, 0) is 17.7 Å². The van der Waals surface area contributed by atoms with Gasteiger partial charge in [-0.25, -0.2) is 4.39 Å². The Kier molecular flexibility index (Phi) is 1.87. The van der Waals surface area contributed by atoms with Gasteiger partial charge in [0.15, 0.2) is 0 Å². The molecule has 0 saturated carbocycles. The Bertz CT molecular complexity index is 309. The van der Waals surface area contributed by atoms with Crippen molar-refractivity contribution < 1.29 is 4.39 Å². The predicted octanol–water partition coefficient (Wildman–Crippen LogP) is 1.50. The zero-order chi connectivity index (χ0) is 8.39. The SMILES string of the molecule is Fc1cccc(C2N=CCN2)c1. The number of nitrogens with one attached hydrogen (secondary N) is 1. The Morgan fingerprint density at radius 2 is 2.42 bits per heavy atom. The molecule has 0 radical (unpaired) electrons. The molecule has 1 aliphatic heterocycles. The standard InChI is InChI=1S/C9H9FN2/c10-8-3-1-2-7(6-8)9-11-4-5-12-9/h1-4,6,9,12H,5H2. The first-order valence-electron chi connectivity index (χ1n) is 3.87. The lowest BCUT2D eigenvalue weighted by Crippen LogP contribution is -2.14. The van der Waals surface area contributed by atoms with E-state index in [0.29, 0.717) is 0 Å². The maximum atomic E-state index is 12.7. The first-order valence-corrected chi connectivity index (χ1v) is 3.87. The number of halogens is 1. The lowest BCUT2D eigenvalue weighted by atomic mass is 10.2. The summed E-state index contributed by atoms with van der Waals surface area (Å²) in [4.78, 5) is 4.14. The minimum Gasteiger partial charge on any atom is -0.287 e. The van der Waals surface area contributed by atoms with Crippen LogP contribution in [-0.4, -0.2) is 12.8 Å². The number of hydrogen-bond acceptors (Lipinski definition) is 2. The zero-order valence-electron chi connectivity index (χ0n) is 6.50. The highest BCUT2D eigenvalue weighted by Gasteiger charge is 2.11. The maximum Gasteiger partial charge on any atom is 0.125 e. The summed E-state index contributed by atoms with van der Waals surface area (Å²) in [5, 5.41) is 3.11. The highest BCUT2D eigenvalue weighted by molar-refractivity contribution is 5.62. The van der Waals surface area contributed by atoms with Gasteiger partial charge in [-0.1, -0.05) is 12.1 Å². The fourth-order valence-corrected chi connectivity index (χ4v) is 1.26. The maximum absolute atomic E-state index is 12.7. The molecular formula is C9H9FN2. The van der Waals surface area contributed by atoms with Gasteiger partial charge in [-0.2, -0.15) is 0 Å². The van der Waals surface area contributed by atoms with Gasteiger partial charge in [-0.3, -0.25) is 10.3 Å². The molecule has 1 unspecified atom stereocenters. The molecule has 1 aromatic carbocycles. The molecule has 2 nitrogen and oxygen atoms in total. The molecule has 0 aliphatic carbocycles. The summed E-state index contributed by atoms with van der Waals surface area (Å²) in [7, 11) is 0. The van der Waals surface area contributed by atoms with Crippen molar-refractivity contribution in [2.24, 2.45) is 4.99 Å². The summed E-state index contributed by atoms with van der Waals surface area (Å²) < 4.78 is 12.7. The Morgan fingerprint density at radius 1 is 1.50 bits per heavy atom. The van der Waals surface area contributed by atoms with Gasteiger partial charge in [0.05, 0.1) is 0 Å². The summed E-state index contributed by atoms with van der Waals surface area (Å²) in [5.74, 6) is -0.212. The number of rotatable bonds is 1. The fraction of sp³-hybridized carbons (Fsp3) is 0.222. The Hall–Kier alpha value is -1.22. The van der Waals surface area contributed by atoms with E-state index >= 15 is 0 Å². The van der Waals surface area contributed by atoms with Gasteiger partial charge in [0.25, 0.3) is 0 Å². The molecule has 12 heavy (non-hydrogen) atoms. The number of hydrogen-bond donors (Lipinski definition) is 1. The lowest BCUT2D eigenvalue weighted by Gasteiger charge is -2.07. The lowest BCUT2D eigenvalue weighted by molar-refractivity contribution is 0.606. The third-order valence-electron chi connectivity index (χ3n) is 1.82. The van der Waals surface area contributed by atoms with Crippen LogP contribution in [0.1, 0.15) is 11.7 Å². The Morgan fingerprint density at radius 3 is 3.08 bits per heavy atom. The van der Waals surface area contributed by atoms with Gasteiger partial charge in [0.2, 0.25) is 0 Å². The van der Waals surface area contributed by atoms with Crippen molar-refractivity contribution in [2.75, 3.05) is 6.54 Å². The van der Waals surface area contributed by atoms with E-state index in [4.69, 9.17) is 0 Å². The van der Waals surface area contributed by atoms with Crippen molar-refractivity contribution in [3.05, 3.63) is 35.6 Å². The van der Waals surface area contributed by atoms with Crippen molar-refractivity contribution in [1.29, 1.82) is 0 Å². The topological polar surface area (TPSA) is 24.4 Å². The van der Waals surface area contributed by atoms with Gasteiger partial charge >= 0.3 is 0 Å². The predicted molar refractivity (Wildman–Crippen MR) is 45.6 cm³/mol. The number of nitrogens with zero attached hydrogens (tertiary/aromatic N) is 1. The van der Waals surface area contributed by atoms with E-state index in [9.17, 15) is 4.39 Å². The molecule has 1 heterocycles. The molecule has 0 amide bonds. The van der Waals surface area contributed by atoms with Crippen LogP contribution in [-0.2, 0) is 0 Å². The van der Waals surface area contributed by atoms with E-state index in [1.807, 2.05) is 6.07 Å². The van der Waals surface area contributed by atoms with Crippen molar-refractivity contribution >= 4 is 6.21 Å². The summed E-state index contributed by atoms with van der Waals surface area (Å²) in [5.41, 5.74) is 0.878. The van der Waals surface area contributed by atoms with E-state index in [1.165, 1.54) is 12.1 Å². The largest absolute Gasteiger partial charge is 0.287 e. The van der Waals surface area contributed by atoms with Crippen LogP contribution in [0.2, 0.25) is 0 Å². The van der Waals surface area contributed by atoms with Crippen molar-refractivity contribution in [3.8, 4) is 0 Å². The molecular weight excluding hydrogens is 155 g/mol. The zero-order valence-corrected chi connectivity index (χ0v) is 6.50. The first kappa shape index (κ1) is 7.43. The monoisotopic (exact) mass is 164 g/mol. The van der Waals surface area contributed by atoms with Crippen LogP contribution in [0.3, 0.4) is 0 Å². The smallest absolute Gasteiger partial charge is 0.125 e. The highest BCUT2D eigenvalue weighted by atomic mass is 19.1. The number of aliphatic imine (C=N–C) groups is 1. The van der Waals surface area contributed by atoms with Crippen LogP contribution in [0.4, 0.5) is 4.39 Å². The Balaban J connectivity index is 2.27. The van der Waals surface area contributed by atoms with Gasteiger partial charge in [0, 0.05) is 12.8 Å². The van der Waals surface area contributed by atoms with Gasteiger partial charge in [0.1, 0.15) is 12.0 Å². The summed E-state index contributed by atoms with van der Waals surface area (Å²) in [6, 6.07) is 6.49. The molecule has 62 valence electrons. The van der Waals surface area contributed by atoms with E-state index in [-0.39, 0.29) is 12.0 Å².